The standard InChI is InChI=1S/C19H27N3O2/c1-6-13(2)21-19(23)20-12-16-11-14(3)22(15(16)4)17-7-9-18(24-5)10-8-17/h7-11,13H,6,12H2,1-5H3,(H2,20,21,23)/t13-/m0/s1. The number of benzene rings is 1. The molecule has 1 aromatic carbocycles. The van der Waals surface area contributed by atoms with Crippen LogP contribution in [0.5, 0.6) is 5.75 Å². The molecule has 5 heteroatoms. The molecule has 130 valence electrons. The molecule has 0 saturated heterocycles. The lowest BCUT2D eigenvalue weighted by molar-refractivity contribution is 0.237. The van der Waals surface area contributed by atoms with Crippen molar-refractivity contribution in [3.63, 3.8) is 0 Å². The predicted molar refractivity (Wildman–Crippen MR) is 96.9 cm³/mol. The summed E-state index contributed by atoms with van der Waals surface area (Å²) >= 11 is 0. The highest BCUT2D eigenvalue weighted by Gasteiger charge is 2.12. The van der Waals surface area contributed by atoms with Gasteiger partial charge in [-0.3, -0.25) is 0 Å². The molecule has 5 nitrogen and oxygen atoms in total. The van der Waals surface area contributed by atoms with Gasteiger partial charge in [-0.1, -0.05) is 6.92 Å². The van der Waals surface area contributed by atoms with E-state index < -0.39 is 0 Å². The maximum atomic E-state index is 11.9. The monoisotopic (exact) mass is 329 g/mol. The Bertz CT molecular complexity index is 689. The molecule has 2 N–H and O–H groups in total. The number of hydrogen-bond donors (Lipinski definition) is 2. The molecule has 0 aliphatic heterocycles. The average Bonchev–Trinajstić information content (AvgIpc) is 2.86. The Hall–Kier alpha value is -2.43. The highest BCUT2D eigenvalue weighted by atomic mass is 16.5. The number of carbonyl (C=O) groups excluding carboxylic acids is 1. The van der Waals surface area contributed by atoms with E-state index >= 15 is 0 Å². The predicted octanol–water partition coefficient (Wildman–Crippen LogP) is 3.70. The van der Waals surface area contributed by atoms with E-state index in [1.54, 1.807) is 7.11 Å². The molecule has 2 amide bonds. The lowest BCUT2D eigenvalue weighted by atomic mass is 10.2. The Labute approximate surface area is 144 Å². The van der Waals surface area contributed by atoms with Crippen LogP contribution in [-0.4, -0.2) is 23.7 Å². The second-order valence-electron chi connectivity index (χ2n) is 6.07. The summed E-state index contributed by atoms with van der Waals surface area (Å²) in [6, 6.07) is 10.1. The van der Waals surface area contributed by atoms with Crippen molar-refractivity contribution in [2.24, 2.45) is 0 Å². The topological polar surface area (TPSA) is 55.3 Å². The van der Waals surface area contributed by atoms with E-state index in [2.05, 4.69) is 35.1 Å². The summed E-state index contributed by atoms with van der Waals surface area (Å²) in [6.07, 6.45) is 0.916. The first-order valence-corrected chi connectivity index (χ1v) is 8.32. The van der Waals surface area contributed by atoms with Gasteiger partial charge in [0.25, 0.3) is 0 Å². The van der Waals surface area contributed by atoms with Gasteiger partial charge in [-0.05, 0) is 63.1 Å². The van der Waals surface area contributed by atoms with Crippen LogP contribution in [-0.2, 0) is 6.54 Å². The first-order chi connectivity index (χ1) is 11.5. The molecule has 0 aliphatic rings. The van der Waals surface area contributed by atoms with Crippen molar-refractivity contribution in [2.75, 3.05) is 7.11 Å². The molecule has 1 atom stereocenters. The van der Waals surface area contributed by atoms with Gasteiger partial charge in [-0.15, -0.1) is 0 Å². The highest BCUT2D eigenvalue weighted by Crippen LogP contribution is 2.22. The molecule has 0 aliphatic carbocycles. The summed E-state index contributed by atoms with van der Waals surface area (Å²) < 4.78 is 7.40. The Kier molecular flexibility index (Phi) is 5.90. The quantitative estimate of drug-likeness (QED) is 0.849. The van der Waals surface area contributed by atoms with Crippen molar-refractivity contribution < 1.29 is 9.53 Å². The first kappa shape index (κ1) is 17.9. The first-order valence-electron chi connectivity index (χ1n) is 8.32. The summed E-state index contributed by atoms with van der Waals surface area (Å²) in [6.45, 7) is 8.70. The fourth-order valence-corrected chi connectivity index (χ4v) is 2.69. The number of nitrogens with zero attached hydrogens (tertiary/aromatic N) is 1. The minimum atomic E-state index is -0.126. The van der Waals surface area contributed by atoms with Gasteiger partial charge in [0.1, 0.15) is 5.75 Å². The molecular weight excluding hydrogens is 302 g/mol. The summed E-state index contributed by atoms with van der Waals surface area (Å²) in [5.41, 5.74) is 4.46. The van der Waals surface area contributed by atoms with Crippen molar-refractivity contribution in [1.82, 2.24) is 15.2 Å². The zero-order valence-electron chi connectivity index (χ0n) is 15.1. The second kappa shape index (κ2) is 7.90. The third kappa shape index (κ3) is 4.10. The number of aromatic nitrogens is 1. The summed E-state index contributed by atoms with van der Waals surface area (Å²) in [4.78, 5) is 11.9. The number of ether oxygens (including phenoxy) is 1. The van der Waals surface area contributed by atoms with Crippen LogP contribution in [0.15, 0.2) is 30.3 Å². The van der Waals surface area contributed by atoms with Gasteiger partial charge in [-0.25, -0.2) is 4.79 Å². The van der Waals surface area contributed by atoms with E-state index in [-0.39, 0.29) is 12.1 Å². The number of rotatable bonds is 6. The van der Waals surface area contributed by atoms with Crippen molar-refractivity contribution in [2.45, 2.75) is 46.7 Å². The molecule has 1 aromatic heterocycles. The molecule has 0 radical (unpaired) electrons. The van der Waals surface area contributed by atoms with E-state index in [9.17, 15) is 4.79 Å². The van der Waals surface area contributed by atoms with Crippen LogP contribution in [0.4, 0.5) is 4.79 Å². The van der Waals surface area contributed by atoms with E-state index in [1.165, 1.54) is 0 Å². The SMILES string of the molecule is CC[C@H](C)NC(=O)NCc1cc(C)n(-c2ccc(OC)cc2)c1C. The Morgan fingerprint density at radius 3 is 2.50 bits per heavy atom. The van der Waals surface area contributed by atoms with Crippen LogP contribution >= 0.6 is 0 Å². The summed E-state index contributed by atoms with van der Waals surface area (Å²) in [7, 11) is 1.66. The van der Waals surface area contributed by atoms with Crippen LogP contribution in [0.25, 0.3) is 5.69 Å². The fourth-order valence-electron chi connectivity index (χ4n) is 2.69. The zero-order valence-corrected chi connectivity index (χ0v) is 15.1. The van der Waals surface area contributed by atoms with Gasteiger partial charge in [0, 0.05) is 29.7 Å². The number of hydrogen-bond acceptors (Lipinski definition) is 2. The number of aryl methyl sites for hydroxylation is 1. The average molecular weight is 329 g/mol. The lowest BCUT2D eigenvalue weighted by Crippen LogP contribution is -2.40. The van der Waals surface area contributed by atoms with Crippen LogP contribution < -0.4 is 15.4 Å². The molecule has 2 rings (SSSR count). The molecular formula is C19H27N3O2. The fraction of sp³-hybridized carbons (Fsp3) is 0.421. The van der Waals surface area contributed by atoms with Gasteiger partial charge in [0.2, 0.25) is 0 Å². The number of methoxy groups -OCH3 is 1. The molecule has 0 bridgehead atoms. The second-order valence-corrected chi connectivity index (χ2v) is 6.07. The third-order valence-electron chi connectivity index (χ3n) is 4.30. The third-order valence-corrected chi connectivity index (χ3v) is 4.30. The normalized spacial score (nSPS) is 11.9. The minimum Gasteiger partial charge on any atom is -0.497 e. The summed E-state index contributed by atoms with van der Waals surface area (Å²) in [5.74, 6) is 0.838. The zero-order chi connectivity index (χ0) is 17.7. The molecule has 1 heterocycles. The van der Waals surface area contributed by atoms with Crippen molar-refractivity contribution in [1.29, 1.82) is 0 Å². The van der Waals surface area contributed by atoms with Crippen LogP contribution in [0.2, 0.25) is 0 Å². The van der Waals surface area contributed by atoms with E-state index in [0.29, 0.717) is 6.54 Å². The van der Waals surface area contributed by atoms with Gasteiger partial charge < -0.3 is 19.9 Å². The van der Waals surface area contributed by atoms with Crippen molar-refractivity contribution in [3.8, 4) is 11.4 Å². The maximum absolute atomic E-state index is 11.9. The molecule has 0 saturated carbocycles. The largest absolute Gasteiger partial charge is 0.497 e. The van der Waals surface area contributed by atoms with Crippen LogP contribution in [0, 0.1) is 13.8 Å². The Morgan fingerprint density at radius 1 is 1.25 bits per heavy atom. The van der Waals surface area contributed by atoms with Gasteiger partial charge >= 0.3 is 6.03 Å². The van der Waals surface area contributed by atoms with E-state index in [1.807, 2.05) is 38.1 Å². The molecule has 24 heavy (non-hydrogen) atoms. The number of carbonyl (C=O) groups is 1. The number of urea groups is 1. The highest BCUT2D eigenvalue weighted by molar-refractivity contribution is 5.74. The Morgan fingerprint density at radius 2 is 1.92 bits per heavy atom. The molecule has 2 aromatic rings. The van der Waals surface area contributed by atoms with Gasteiger partial charge in [-0.2, -0.15) is 0 Å². The van der Waals surface area contributed by atoms with Crippen LogP contribution in [0.3, 0.4) is 0 Å². The number of amides is 2. The smallest absolute Gasteiger partial charge is 0.315 e. The van der Waals surface area contributed by atoms with E-state index in [4.69, 9.17) is 4.74 Å². The van der Waals surface area contributed by atoms with Gasteiger partial charge in [0.05, 0.1) is 7.11 Å². The minimum absolute atomic E-state index is 0.126. The molecule has 0 fully saturated rings. The number of nitrogens with one attached hydrogen (secondary N) is 2. The van der Waals surface area contributed by atoms with Crippen molar-refractivity contribution >= 4 is 6.03 Å². The van der Waals surface area contributed by atoms with Crippen molar-refractivity contribution in [3.05, 3.63) is 47.3 Å². The summed E-state index contributed by atoms with van der Waals surface area (Å²) in [5, 5.41) is 5.85. The Balaban J connectivity index is 2.12. The lowest BCUT2D eigenvalue weighted by Gasteiger charge is -2.13. The van der Waals surface area contributed by atoms with E-state index in [0.717, 1.165) is 34.8 Å². The molecule has 0 spiro atoms. The van der Waals surface area contributed by atoms with Crippen LogP contribution in [0.1, 0.15) is 37.2 Å². The molecule has 0 unspecified atom stereocenters. The van der Waals surface area contributed by atoms with Gasteiger partial charge in [0.15, 0.2) is 0 Å². The maximum Gasteiger partial charge on any atom is 0.315 e.